The summed E-state index contributed by atoms with van der Waals surface area (Å²) in [6, 6.07) is 3.66. The van der Waals surface area contributed by atoms with Gasteiger partial charge in [0, 0.05) is 0 Å². The van der Waals surface area contributed by atoms with Crippen LogP contribution in [0.1, 0.15) is 54.7 Å². The monoisotopic (exact) mass is 326 g/mol. The van der Waals surface area contributed by atoms with Crippen LogP contribution >= 0.6 is 0 Å². The molecule has 3 nitrogen and oxygen atoms in total. The zero-order valence-corrected chi connectivity index (χ0v) is 14.0. The molecule has 0 bridgehead atoms. The molecule has 3 N–H and O–H groups in total. The van der Waals surface area contributed by atoms with Crippen molar-refractivity contribution in [2.24, 2.45) is 17.8 Å². The molecule has 0 aromatic heterocycles. The van der Waals surface area contributed by atoms with Crippen molar-refractivity contribution in [3.8, 4) is 5.75 Å². The van der Waals surface area contributed by atoms with E-state index in [-0.39, 0.29) is 12.4 Å². The van der Waals surface area contributed by atoms with Gasteiger partial charge >= 0.3 is 0 Å². The highest BCUT2D eigenvalue weighted by Gasteiger charge is 2.41. The molecule has 1 fully saturated rings. The predicted molar refractivity (Wildman–Crippen MR) is 93.9 cm³/mol. The van der Waals surface area contributed by atoms with Crippen LogP contribution < -0.4 is 0 Å². The third-order valence-electron chi connectivity index (χ3n) is 6.40. The average molecular weight is 326 g/mol. The molecule has 3 aliphatic carbocycles. The normalized spacial score (nSPS) is 32.0. The molecule has 0 saturated heterocycles. The first-order valence-corrected chi connectivity index (χ1v) is 9.20. The van der Waals surface area contributed by atoms with E-state index >= 15 is 0 Å². The molecule has 24 heavy (non-hydrogen) atoms. The van der Waals surface area contributed by atoms with E-state index in [1.165, 1.54) is 36.8 Å². The van der Waals surface area contributed by atoms with Crippen LogP contribution in [-0.4, -0.2) is 15.3 Å². The number of allylic oxidation sites excluding steroid dienone is 3. The smallest absolute Gasteiger partial charge is 0.116 e. The molecule has 1 unspecified atom stereocenters. The van der Waals surface area contributed by atoms with Gasteiger partial charge in [0.25, 0.3) is 0 Å². The summed E-state index contributed by atoms with van der Waals surface area (Å²) in [4.78, 5) is 0. The second kappa shape index (κ2) is 6.29. The molecule has 0 spiro atoms. The number of benzene rings is 1. The molecule has 128 valence electrons. The maximum Gasteiger partial charge on any atom is 0.116 e. The minimum Gasteiger partial charge on any atom is -0.508 e. The van der Waals surface area contributed by atoms with Gasteiger partial charge in [0.1, 0.15) is 11.5 Å². The topological polar surface area (TPSA) is 60.7 Å². The molecule has 0 heterocycles. The van der Waals surface area contributed by atoms with Gasteiger partial charge in [0.15, 0.2) is 0 Å². The number of hydrogen-bond acceptors (Lipinski definition) is 3. The minimum atomic E-state index is -0.0119. The van der Waals surface area contributed by atoms with Crippen molar-refractivity contribution in [1.82, 2.24) is 0 Å². The molecular formula is C21H26O3. The van der Waals surface area contributed by atoms with Gasteiger partial charge in [-0.25, -0.2) is 0 Å². The standard InChI is InChI=1S/C21H26O3/c22-12-14-9-16(24)10-21-18-4-2-1-3-17(18)19(11-20(14)21)13-5-7-15(23)8-6-13/h5,7-10,13,17-19,22-24H,1-4,6,11-12H2/t13?,17-,18+,19-/m0/s1. The summed E-state index contributed by atoms with van der Waals surface area (Å²) in [5.74, 6) is 2.81. The fraction of sp³-hybridized carbons (Fsp3) is 0.524. The lowest BCUT2D eigenvalue weighted by Gasteiger charge is -2.46. The fourth-order valence-corrected chi connectivity index (χ4v) is 5.32. The van der Waals surface area contributed by atoms with Gasteiger partial charge in [-0.05, 0) is 90.3 Å². The Balaban J connectivity index is 1.74. The van der Waals surface area contributed by atoms with Gasteiger partial charge < -0.3 is 15.3 Å². The molecule has 1 aromatic rings. The van der Waals surface area contributed by atoms with Crippen molar-refractivity contribution in [2.45, 2.75) is 51.0 Å². The Kier molecular flexibility index (Phi) is 4.13. The molecule has 4 rings (SSSR count). The molecule has 4 atom stereocenters. The number of aromatic hydroxyl groups is 1. The molecule has 1 aromatic carbocycles. The lowest BCUT2D eigenvalue weighted by Crippen LogP contribution is -2.36. The summed E-state index contributed by atoms with van der Waals surface area (Å²) >= 11 is 0. The molecule has 3 aliphatic rings. The first kappa shape index (κ1) is 15.8. The van der Waals surface area contributed by atoms with Crippen LogP contribution in [0.15, 0.2) is 36.1 Å². The minimum absolute atomic E-state index is 0.0119. The summed E-state index contributed by atoms with van der Waals surface area (Å²) in [5, 5.41) is 29.5. The van der Waals surface area contributed by atoms with Gasteiger partial charge in [-0.1, -0.05) is 18.9 Å². The highest BCUT2D eigenvalue weighted by atomic mass is 16.3. The third-order valence-corrected chi connectivity index (χ3v) is 6.40. The number of aliphatic hydroxyl groups excluding tert-OH is 2. The van der Waals surface area contributed by atoms with Crippen molar-refractivity contribution in [1.29, 1.82) is 0 Å². The van der Waals surface area contributed by atoms with E-state index in [4.69, 9.17) is 0 Å². The largest absolute Gasteiger partial charge is 0.508 e. The van der Waals surface area contributed by atoms with Crippen LogP contribution in [0.3, 0.4) is 0 Å². The van der Waals surface area contributed by atoms with E-state index in [9.17, 15) is 15.3 Å². The first-order chi connectivity index (χ1) is 11.7. The van der Waals surface area contributed by atoms with Gasteiger partial charge in [0.2, 0.25) is 0 Å². The van der Waals surface area contributed by atoms with Crippen molar-refractivity contribution >= 4 is 0 Å². The Bertz CT molecular complexity index is 689. The number of aliphatic hydroxyl groups is 2. The summed E-state index contributed by atoms with van der Waals surface area (Å²) in [5.41, 5.74) is 3.42. The second-order valence-electron chi connectivity index (χ2n) is 7.64. The summed E-state index contributed by atoms with van der Waals surface area (Å²) in [6.45, 7) is -0.0119. The van der Waals surface area contributed by atoms with E-state index in [1.807, 2.05) is 18.2 Å². The molecule has 0 amide bonds. The van der Waals surface area contributed by atoms with Crippen LogP contribution in [0, 0.1) is 17.8 Å². The Morgan fingerprint density at radius 1 is 1.04 bits per heavy atom. The fourth-order valence-electron chi connectivity index (χ4n) is 5.32. The molecular weight excluding hydrogens is 300 g/mol. The Morgan fingerprint density at radius 3 is 2.62 bits per heavy atom. The quantitative estimate of drug-likeness (QED) is 0.757. The van der Waals surface area contributed by atoms with Crippen molar-refractivity contribution in [3.63, 3.8) is 0 Å². The lowest BCUT2D eigenvalue weighted by molar-refractivity contribution is 0.154. The number of hydrogen-bond donors (Lipinski definition) is 3. The zero-order valence-electron chi connectivity index (χ0n) is 14.0. The maximum absolute atomic E-state index is 10.1. The van der Waals surface area contributed by atoms with Crippen LogP contribution in [0.5, 0.6) is 5.75 Å². The number of rotatable bonds is 2. The van der Waals surface area contributed by atoms with Crippen LogP contribution in [-0.2, 0) is 13.0 Å². The Labute approximate surface area is 143 Å². The van der Waals surface area contributed by atoms with E-state index in [0.29, 0.717) is 29.4 Å². The van der Waals surface area contributed by atoms with E-state index in [0.717, 1.165) is 18.4 Å². The van der Waals surface area contributed by atoms with Crippen molar-refractivity contribution in [3.05, 3.63) is 52.8 Å². The lowest BCUT2D eigenvalue weighted by atomic mass is 9.59. The predicted octanol–water partition coefficient (Wildman–Crippen LogP) is 4.35. The van der Waals surface area contributed by atoms with Gasteiger partial charge in [-0.2, -0.15) is 0 Å². The number of phenolic OH excluding ortho intramolecular Hbond substituents is 1. The highest BCUT2D eigenvalue weighted by molar-refractivity contribution is 5.46. The molecule has 3 heteroatoms. The second-order valence-corrected chi connectivity index (χ2v) is 7.64. The highest BCUT2D eigenvalue weighted by Crippen LogP contribution is 2.52. The van der Waals surface area contributed by atoms with Crippen LogP contribution in [0.4, 0.5) is 0 Å². The van der Waals surface area contributed by atoms with E-state index < -0.39 is 0 Å². The molecule has 0 aliphatic heterocycles. The van der Waals surface area contributed by atoms with Gasteiger partial charge in [0.05, 0.1) is 6.61 Å². The van der Waals surface area contributed by atoms with Crippen LogP contribution in [0.2, 0.25) is 0 Å². The first-order valence-electron chi connectivity index (χ1n) is 9.20. The number of fused-ring (bicyclic) bond motifs is 3. The van der Waals surface area contributed by atoms with Crippen molar-refractivity contribution < 1.29 is 15.3 Å². The van der Waals surface area contributed by atoms with Gasteiger partial charge in [-0.15, -0.1) is 0 Å². The summed E-state index contributed by atoms with van der Waals surface area (Å²) < 4.78 is 0. The van der Waals surface area contributed by atoms with E-state index in [2.05, 4.69) is 6.08 Å². The maximum atomic E-state index is 10.1. The van der Waals surface area contributed by atoms with Crippen molar-refractivity contribution in [2.75, 3.05) is 0 Å². The van der Waals surface area contributed by atoms with Gasteiger partial charge in [-0.3, -0.25) is 0 Å². The number of phenols is 1. The molecule has 1 saturated carbocycles. The molecule has 0 radical (unpaired) electrons. The average Bonchev–Trinajstić information content (AvgIpc) is 2.61. The Morgan fingerprint density at radius 2 is 1.88 bits per heavy atom. The zero-order chi connectivity index (χ0) is 16.7. The Hall–Kier alpha value is -1.74. The SMILES string of the molecule is OCc1cc(O)cc2c1C[C@@H](C1C=CC(O)=CC1)[C@H]1CCCC[C@@H]21. The van der Waals surface area contributed by atoms with E-state index in [1.54, 1.807) is 6.07 Å². The van der Waals surface area contributed by atoms with Crippen LogP contribution in [0.25, 0.3) is 0 Å². The summed E-state index contributed by atoms with van der Waals surface area (Å²) in [7, 11) is 0. The summed E-state index contributed by atoms with van der Waals surface area (Å²) in [6.07, 6.45) is 12.8. The third kappa shape index (κ3) is 2.65.